The van der Waals surface area contributed by atoms with E-state index in [1.807, 2.05) is 0 Å². The molecule has 0 spiro atoms. The topological polar surface area (TPSA) is 52.6 Å². The van der Waals surface area contributed by atoms with Crippen molar-refractivity contribution in [1.29, 1.82) is 0 Å². The van der Waals surface area contributed by atoms with Crippen LogP contribution in [0.3, 0.4) is 0 Å². The van der Waals surface area contributed by atoms with Crippen LogP contribution in [0, 0.1) is 6.92 Å². The van der Waals surface area contributed by atoms with Gasteiger partial charge >= 0.3 is 5.97 Å². The Bertz CT molecular complexity index is 410. The van der Waals surface area contributed by atoms with Crippen molar-refractivity contribution in [3.05, 3.63) is 28.8 Å². The highest BCUT2D eigenvalue weighted by atomic mass is 16.5. The zero-order chi connectivity index (χ0) is 12.1. The second-order valence-electron chi connectivity index (χ2n) is 3.25. The molecule has 0 N–H and O–H groups in total. The van der Waals surface area contributed by atoms with Crippen LogP contribution in [0.4, 0.5) is 0 Å². The molecule has 0 fully saturated rings. The maximum Gasteiger partial charge on any atom is 0.339 e. The first-order valence-corrected chi connectivity index (χ1v) is 4.95. The Hall–Kier alpha value is -1.84. The molecule has 0 radical (unpaired) electrons. The van der Waals surface area contributed by atoms with Crippen molar-refractivity contribution in [2.24, 2.45) is 0 Å². The summed E-state index contributed by atoms with van der Waals surface area (Å²) in [7, 11) is 1.51. The zero-order valence-corrected chi connectivity index (χ0v) is 9.57. The lowest BCUT2D eigenvalue weighted by atomic mass is 10.0. The molecule has 0 amide bonds. The van der Waals surface area contributed by atoms with Gasteiger partial charge in [-0.05, 0) is 31.5 Å². The maximum absolute atomic E-state index is 11.6. The molecule has 16 heavy (non-hydrogen) atoms. The van der Waals surface area contributed by atoms with E-state index in [1.165, 1.54) is 13.2 Å². The molecule has 1 aromatic carbocycles. The van der Waals surface area contributed by atoms with Gasteiger partial charge in [-0.2, -0.15) is 0 Å². The Morgan fingerprint density at radius 1 is 1.44 bits per heavy atom. The van der Waals surface area contributed by atoms with E-state index >= 15 is 0 Å². The van der Waals surface area contributed by atoms with Crippen LogP contribution in [0.15, 0.2) is 12.1 Å². The number of methoxy groups -OCH3 is 1. The molecule has 0 atom stereocenters. The van der Waals surface area contributed by atoms with Crippen LogP contribution in [0.2, 0.25) is 0 Å². The highest BCUT2D eigenvalue weighted by Crippen LogP contribution is 2.21. The number of carbonyl (C=O) groups is 2. The highest BCUT2D eigenvalue weighted by molar-refractivity contribution is 6.00. The molecule has 0 saturated heterocycles. The molecule has 0 unspecified atom stereocenters. The third-order valence-electron chi connectivity index (χ3n) is 2.18. The van der Waals surface area contributed by atoms with Crippen LogP contribution in [-0.4, -0.2) is 26.0 Å². The molecule has 0 bridgehead atoms. The number of esters is 1. The van der Waals surface area contributed by atoms with Gasteiger partial charge in [-0.1, -0.05) is 0 Å². The van der Waals surface area contributed by atoms with Crippen LogP contribution in [0.25, 0.3) is 0 Å². The number of aldehydes is 1. The third kappa shape index (κ3) is 2.39. The van der Waals surface area contributed by atoms with Crippen molar-refractivity contribution < 1.29 is 19.1 Å². The van der Waals surface area contributed by atoms with E-state index < -0.39 is 5.97 Å². The highest BCUT2D eigenvalue weighted by Gasteiger charge is 2.16. The number of hydrogen-bond donors (Lipinski definition) is 0. The second kappa shape index (κ2) is 5.30. The van der Waals surface area contributed by atoms with Crippen LogP contribution < -0.4 is 4.74 Å². The first-order valence-electron chi connectivity index (χ1n) is 4.95. The third-order valence-corrected chi connectivity index (χ3v) is 2.18. The fraction of sp³-hybridized carbons (Fsp3) is 0.333. The lowest BCUT2D eigenvalue weighted by Gasteiger charge is -2.10. The summed E-state index contributed by atoms with van der Waals surface area (Å²) in [6, 6.07) is 3.21. The van der Waals surface area contributed by atoms with Crippen LogP contribution in [-0.2, 0) is 4.74 Å². The lowest BCUT2D eigenvalue weighted by molar-refractivity contribution is 0.0523. The van der Waals surface area contributed by atoms with Gasteiger partial charge in [0.2, 0.25) is 0 Å². The molecule has 0 heterocycles. The summed E-state index contributed by atoms with van der Waals surface area (Å²) < 4.78 is 9.91. The van der Waals surface area contributed by atoms with E-state index in [1.54, 1.807) is 19.9 Å². The Morgan fingerprint density at radius 2 is 2.12 bits per heavy atom. The molecule has 86 valence electrons. The minimum atomic E-state index is -0.482. The number of aryl methyl sites for hydroxylation is 1. The average Bonchev–Trinajstić information content (AvgIpc) is 2.27. The smallest absolute Gasteiger partial charge is 0.339 e. The van der Waals surface area contributed by atoms with E-state index in [-0.39, 0.29) is 12.2 Å². The van der Waals surface area contributed by atoms with Crippen molar-refractivity contribution in [3.8, 4) is 5.75 Å². The zero-order valence-electron chi connectivity index (χ0n) is 9.57. The quantitative estimate of drug-likeness (QED) is 0.577. The minimum absolute atomic E-state index is 0.280. The first-order chi connectivity index (χ1) is 7.63. The molecule has 0 aliphatic rings. The fourth-order valence-electron chi connectivity index (χ4n) is 1.47. The Morgan fingerprint density at radius 3 is 2.62 bits per heavy atom. The Balaban J connectivity index is 3.26. The summed E-state index contributed by atoms with van der Waals surface area (Å²) in [6.07, 6.45) is 0.627. The summed E-state index contributed by atoms with van der Waals surface area (Å²) in [5.41, 5.74) is 1.26. The van der Waals surface area contributed by atoms with Gasteiger partial charge in [0.25, 0.3) is 0 Å². The lowest BCUT2D eigenvalue weighted by Crippen LogP contribution is -2.10. The van der Waals surface area contributed by atoms with Gasteiger partial charge in [0.05, 0.1) is 19.3 Å². The standard InChI is InChI=1S/C12H14O4/c1-4-16-12(14)11-8(2)5-10(15-3)6-9(11)7-13/h5-7H,4H2,1-3H3. The molecule has 1 aromatic rings. The number of ether oxygens (including phenoxy) is 2. The van der Waals surface area contributed by atoms with Crippen LogP contribution >= 0.6 is 0 Å². The molecular weight excluding hydrogens is 208 g/mol. The summed E-state index contributed by atoms with van der Waals surface area (Å²) in [5.74, 6) is 0.0670. The first kappa shape index (κ1) is 12.2. The van der Waals surface area contributed by atoms with E-state index in [2.05, 4.69) is 0 Å². The molecule has 0 aliphatic carbocycles. The number of hydrogen-bond acceptors (Lipinski definition) is 4. The molecule has 4 heteroatoms. The van der Waals surface area contributed by atoms with Gasteiger partial charge in [-0.3, -0.25) is 4.79 Å². The van der Waals surface area contributed by atoms with Gasteiger partial charge in [0.15, 0.2) is 6.29 Å². The maximum atomic E-state index is 11.6. The molecular formula is C12H14O4. The van der Waals surface area contributed by atoms with E-state index in [0.717, 1.165) is 0 Å². The van der Waals surface area contributed by atoms with Crippen molar-refractivity contribution in [1.82, 2.24) is 0 Å². The SMILES string of the molecule is CCOC(=O)c1c(C)cc(OC)cc1C=O. The predicted octanol–water partition coefficient (Wildman–Crippen LogP) is 1.99. The van der Waals surface area contributed by atoms with Crippen molar-refractivity contribution in [3.63, 3.8) is 0 Å². The van der Waals surface area contributed by atoms with Crippen LogP contribution in [0.1, 0.15) is 33.2 Å². The van der Waals surface area contributed by atoms with E-state index in [9.17, 15) is 9.59 Å². The second-order valence-corrected chi connectivity index (χ2v) is 3.25. The molecule has 0 saturated carbocycles. The van der Waals surface area contributed by atoms with Crippen molar-refractivity contribution in [2.45, 2.75) is 13.8 Å². The van der Waals surface area contributed by atoms with Gasteiger partial charge in [-0.15, -0.1) is 0 Å². The summed E-state index contributed by atoms with van der Waals surface area (Å²) >= 11 is 0. The summed E-state index contributed by atoms with van der Waals surface area (Å²) in [5, 5.41) is 0. The Kier molecular flexibility index (Phi) is 4.05. The van der Waals surface area contributed by atoms with Crippen LogP contribution in [0.5, 0.6) is 5.75 Å². The predicted molar refractivity (Wildman–Crippen MR) is 59.1 cm³/mol. The number of rotatable bonds is 4. The summed E-state index contributed by atoms with van der Waals surface area (Å²) in [6.45, 7) is 3.74. The van der Waals surface area contributed by atoms with E-state index in [0.29, 0.717) is 23.2 Å². The van der Waals surface area contributed by atoms with Gasteiger partial charge in [0.1, 0.15) is 5.75 Å². The Labute approximate surface area is 94.2 Å². The monoisotopic (exact) mass is 222 g/mol. The molecule has 1 rings (SSSR count). The van der Waals surface area contributed by atoms with Gasteiger partial charge < -0.3 is 9.47 Å². The van der Waals surface area contributed by atoms with Crippen molar-refractivity contribution >= 4 is 12.3 Å². The average molecular weight is 222 g/mol. The van der Waals surface area contributed by atoms with E-state index in [4.69, 9.17) is 9.47 Å². The number of benzene rings is 1. The largest absolute Gasteiger partial charge is 0.497 e. The van der Waals surface area contributed by atoms with Crippen molar-refractivity contribution in [2.75, 3.05) is 13.7 Å². The van der Waals surface area contributed by atoms with Gasteiger partial charge in [0, 0.05) is 5.56 Å². The van der Waals surface area contributed by atoms with Gasteiger partial charge in [-0.25, -0.2) is 4.79 Å². The normalized spacial score (nSPS) is 9.69. The molecule has 0 aliphatic heterocycles. The molecule has 0 aromatic heterocycles. The minimum Gasteiger partial charge on any atom is -0.497 e. The fourth-order valence-corrected chi connectivity index (χ4v) is 1.47. The number of carbonyl (C=O) groups excluding carboxylic acids is 2. The molecule has 4 nitrogen and oxygen atoms in total. The summed E-state index contributed by atoms with van der Waals surface area (Å²) in [4.78, 5) is 22.5.